The lowest BCUT2D eigenvalue weighted by molar-refractivity contribution is 0.248. The molecule has 1 aromatic rings. The number of hydrogen-bond acceptors (Lipinski definition) is 7. The fourth-order valence-electron chi connectivity index (χ4n) is 1.90. The lowest BCUT2D eigenvalue weighted by Gasteiger charge is -2.23. The highest BCUT2D eigenvalue weighted by atomic mass is 16.3. The van der Waals surface area contributed by atoms with Gasteiger partial charge >= 0.3 is 0 Å². The summed E-state index contributed by atoms with van der Waals surface area (Å²) in [5, 5.41) is 15.8. The lowest BCUT2D eigenvalue weighted by atomic mass is 10.1. The molecule has 1 rings (SSSR count). The normalized spacial score (nSPS) is 12.3. The largest absolute Gasteiger partial charge is 0.394 e. The molecule has 7 nitrogen and oxygen atoms in total. The lowest BCUT2D eigenvalue weighted by Crippen LogP contribution is -2.31. The summed E-state index contributed by atoms with van der Waals surface area (Å²) >= 11 is 0. The Morgan fingerprint density at radius 2 is 1.67 bits per heavy atom. The molecular formula is C14H28N6O. The van der Waals surface area contributed by atoms with Gasteiger partial charge in [0.15, 0.2) is 0 Å². The molecule has 3 N–H and O–H groups in total. The molecule has 0 saturated carbocycles. The van der Waals surface area contributed by atoms with Crippen molar-refractivity contribution in [3.63, 3.8) is 0 Å². The summed E-state index contributed by atoms with van der Waals surface area (Å²) in [7, 11) is 0. The van der Waals surface area contributed by atoms with Crippen LogP contribution in [0.1, 0.15) is 34.6 Å². The zero-order valence-electron chi connectivity index (χ0n) is 13.7. The van der Waals surface area contributed by atoms with Crippen molar-refractivity contribution in [1.82, 2.24) is 15.0 Å². The van der Waals surface area contributed by atoms with Gasteiger partial charge in [-0.15, -0.1) is 0 Å². The van der Waals surface area contributed by atoms with Crippen LogP contribution >= 0.6 is 0 Å². The molecule has 0 aliphatic carbocycles. The maximum atomic E-state index is 9.44. The number of aliphatic hydroxyl groups is 1. The third-order valence-electron chi connectivity index (χ3n) is 3.32. The number of hydrogen-bond donors (Lipinski definition) is 3. The number of anilines is 3. The second-order valence-electron chi connectivity index (χ2n) is 5.16. The van der Waals surface area contributed by atoms with Crippen molar-refractivity contribution in [3.8, 4) is 0 Å². The molecule has 1 atom stereocenters. The van der Waals surface area contributed by atoms with Crippen LogP contribution in [0.2, 0.25) is 0 Å². The van der Waals surface area contributed by atoms with Crippen LogP contribution in [0.25, 0.3) is 0 Å². The summed E-state index contributed by atoms with van der Waals surface area (Å²) in [6.45, 7) is 12.7. The van der Waals surface area contributed by atoms with Gasteiger partial charge in [-0.3, -0.25) is 0 Å². The van der Waals surface area contributed by atoms with Gasteiger partial charge in [-0.2, -0.15) is 15.0 Å². The molecule has 1 aromatic heterocycles. The van der Waals surface area contributed by atoms with E-state index in [0.29, 0.717) is 17.8 Å². The van der Waals surface area contributed by atoms with E-state index in [1.165, 1.54) is 0 Å². The summed E-state index contributed by atoms with van der Waals surface area (Å²) in [4.78, 5) is 15.3. The number of aromatic nitrogens is 3. The first-order valence-electron chi connectivity index (χ1n) is 7.67. The molecule has 0 aromatic carbocycles. The van der Waals surface area contributed by atoms with Gasteiger partial charge in [-0.05, 0) is 26.7 Å². The molecule has 120 valence electrons. The number of aliphatic hydroxyl groups excluding tert-OH is 1. The SMILES string of the molecule is CCNc1nc(N[C@H](CO)C(C)C)nc(N(CC)CC)n1. The molecule has 0 fully saturated rings. The summed E-state index contributed by atoms with van der Waals surface area (Å²) < 4.78 is 0. The second kappa shape index (κ2) is 8.61. The van der Waals surface area contributed by atoms with Crippen molar-refractivity contribution in [1.29, 1.82) is 0 Å². The summed E-state index contributed by atoms with van der Waals surface area (Å²) in [5.41, 5.74) is 0. The van der Waals surface area contributed by atoms with E-state index in [0.717, 1.165) is 19.6 Å². The topological polar surface area (TPSA) is 86.2 Å². The van der Waals surface area contributed by atoms with Crippen molar-refractivity contribution in [3.05, 3.63) is 0 Å². The van der Waals surface area contributed by atoms with Gasteiger partial charge in [0.05, 0.1) is 12.6 Å². The average molecular weight is 296 g/mol. The molecule has 1 heterocycles. The fraction of sp³-hybridized carbons (Fsp3) is 0.786. The maximum absolute atomic E-state index is 9.44. The monoisotopic (exact) mass is 296 g/mol. The number of rotatable bonds is 9. The van der Waals surface area contributed by atoms with Crippen LogP contribution in [0, 0.1) is 5.92 Å². The van der Waals surface area contributed by atoms with Crippen LogP contribution in [0.4, 0.5) is 17.8 Å². The van der Waals surface area contributed by atoms with Gasteiger partial charge in [0.25, 0.3) is 0 Å². The van der Waals surface area contributed by atoms with Gasteiger partial charge in [0.2, 0.25) is 17.8 Å². The van der Waals surface area contributed by atoms with Crippen molar-refractivity contribution in [2.75, 3.05) is 41.8 Å². The predicted molar refractivity (Wildman–Crippen MR) is 86.9 cm³/mol. The Morgan fingerprint density at radius 3 is 2.14 bits per heavy atom. The zero-order valence-corrected chi connectivity index (χ0v) is 13.7. The van der Waals surface area contributed by atoms with Gasteiger partial charge in [0.1, 0.15) is 0 Å². The van der Waals surface area contributed by atoms with E-state index < -0.39 is 0 Å². The molecule has 0 amide bonds. The first-order chi connectivity index (χ1) is 10.0. The Labute approximate surface area is 127 Å². The smallest absolute Gasteiger partial charge is 0.231 e. The van der Waals surface area contributed by atoms with Crippen molar-refractivity contribution >= 4 is 17.8 Å². The number of nitrogens with zero attached hydrogens (tertiary/aromatic N) is 4. The highest BCUT2D eigenvalue weighted by molar-refractivity contribution is 5.44. The summed E-state index contributed by atoms with van der Waals surface area (Å²) in [5.74, 6) is 1.98. The van der Waals surface area contributed by atoms with E-state index in [4.69, 9.17) is 0 Å². The van der Waals surface area contributed by atoms with Gasteiger partial charge in [-0.1, -0.05) is 13.8 Å². The molecule has 0 radical (unpaired) electrons. The molecule has 0 unspecified atom stereocenters. The highest BCUT2D eigenvalue weighted by Gasteiger charge is 2.16. The van der Waals surface area contributed by atoms with Gasteiger partial charge in [-0.25, -0.2) is 0 Å². The Kier molecular flexibility index (Phi) is 7.14. The molecule has 7 heteroatoms. The Bertz CT molecular complexity index is 422. The van der Waals surface area contributed by atoms with Gasteiger partial charge in [0, 0.05) is 19.6 Å². The molecule has 0 bridgehead atoms. The third kappa shape index (κ3) is 5.00. The standard InChI is InChI=1S/C14H28N6O/c1-6-15-12-17-13(16-11(9-21)10(4)5)19-14(18-12)20(7-2)8-3/h10-11,21H,6-9H2,1-5H3,(H2,15,16,17,18,19)/t11-/m1/s1. The minimum absolute atomic E-state index is 0.0422. The molecule has 0 spiro atoms. The van der Waals surface area contributed by atoms with E-state index >= 15 is 0 Å². The van der Waals surface area contributed by atoms with Crippen LogP contribution in [0.15, 0.2) is 0 Å². The van der Waals surface area contributed by atoms with Crippen LogP contribution < -0.4 is 15.5 Å². The van der Waals surface area contributed by atoms with Crippen LogP contribution in [-0.4, -0.2) is 52.3 Å². The molecule has 21 heavy (non-hydrogen) atoms. The minimum atomic E-state index is -0.0774. The first-order valence-corrected chi connectivity index (χ1v) is 7.67. The van der Waals surface area contributed by atoms with E-state index in [1.54, 1.807) is 0 Å². The van der Waals surface area contributed by atoms with E-state index in [9.17, 15) is 5.11 Å². The maximum Gasteiger partial charge on any atom is 0.231 e. The van der Waals surface area contributed by atoms with E-state index in [-0.39, 0.29) is 18.6 Å². The fourth-order valence-corrected chi connectivity index (χ4v) is 1.90. The van der Waals surface area contributed by atoms with Crippen molar-refractivity contribution in [2.45, 2.75) is 40.7 Å². The van der Waals surface area contributed by atoms with Crippen LogP contribution in [0.5, 0.6) is 0 Å². The Balaban J connectivity index is 3.06. The van der Waals surface area contributed by atoms with Gasteiger partial charge < -0.3 is 20.6 Å². The van der Waals surface area contributed by atoms with Crippen LogP contribution in [0.3, 0.4) is 0 Å². The van der Waals surface area contributed by atoms with Crippen molar-refractivity contribution in [2.24, 2.45) is 5.92 Å². The average Bonchev–Trinajstić information content (AvgIpc) is 2.46. The molecule has 0 aliphatic heterocycles. The summed E-state index contributed by atoms with van der Waals surface area (Å²) in [6.07, 6.45) is 0. The third-order valence-corrected chi connectivity index (χ3v) is 3.32. The van der Waals surface area contributed by atoms with E-state index in [2.05, 4.69) is 44.3 Å². The second-order valence-corrected chi connectivity index (χ2v) is 5.16. The minimum Gasteiger partial charge on any atom is -0.394 e. The Hall–Kier alpha value is -1.63. The summed E-state index contributed by atoms with van der Waals surface area (Å²) in [6, 6.07) is -0.0774. The van der Waals surface area contributed by atoms with E-state index in [1.807, 2.05) is 20.8 Å². The molecule has 0 saturated heterocycles. The van der Waals surface area contributed by atoms with Crippen molar-refractivity contribution < 1.29 is 5.11 Å². The molecular weight excluding hydrogens is 268 g/mol. The quantitative estimate of drug-likeness (QED) is 0.638. The van der Waals surface area contributed by atoms with Crippen LogP contribution in [-0.2, 0) is 0 Å². The zero-order chi connectivity index (χ0) is 15.8. The predicted octanol–water partition coefficient (Wildman–Crippen LogP) is 1.58. The molecule has 0 aliphatic rings. The Morgan fingerprint density at radius 1 is 1.05 bits per heavy atom. The first kappa shape index (κ1) is 17.4. The highest BCUT2D eigenvalue weighted by Crippen LogP contribution is 2.15. The number of nitrogens with one attached hydrogen (secondary N) is 2.